The van der Waals surface area contributed by atoms with E-state index in [4.69, 9.17) is 5.26 Å². The van der Waals surface area contributed by atoms with Crippen LogP contribution in [0.2, 0.25) is 0 Å². The number of piperazine rings is 1. The van der Waals surface area contributed by atoms with E-state index in [1.54, 1.807) is 29.2 Å². The van der Waals surface area contributed by atoms with Crippen LogP contribution in [0.3, 0.4) is 0 Å². The maximum Gasteiger partial charge on any atom is 0.243 e. The van der Waals surface area contributed by atoms with Crippen LogP contribution in [0.4, 0.5) is 0 Å². The molecule has 0 bridgehead atoms. The largest absolute Gasteiger partial charge is 0.340 e. The molecule has 1 amide bonds. The van der Waals surface area contributed by atoms with E-state index in [1.165, 1.54) is 4.31 Å². The molecule has 3 rings (SSSR count). The average Bonchev–Trinajstić information content (AvgIpc) is 2.77. The number of rotatable bonds is 5. The summed E-state index contributed by atoms with van der Waals surface area (Å²) in [6.45, 7) is 7.66. The smallest absolute Gasteiger partial charge is 0.243 e. The number of nitriles is 1. The van der Waals surface area contributed by atoms with E-state index >= 15 is 0 Å². The van der Waals surface area contributed by atoms with Crippen LogP contribution < -0.4 is 0 Å². The molecule has 0 aromatic heterocycles. The molecule has 2 aromatic rings. The first kappa shape index (κ1) is 23.0. The van der Waals surface area contributed by atoms with Crippen molar-refractivity contribution in [1.29, 1.82) is 5.26 Å². The third-order valence-electron chi connectivity index (χ3n) is 5.66. The van der Waals surface area contributed by atoms with Crippen LogP contribution in [0.5, 0.6) is 0 Å². The van der Waals surface area contributed by atoms with Gasteiger partial charge in [0.2, 0.25) is 15.9 Å². The van der Waals surface area contributed by atoms with Gasteiger partial charge in [-0.2, -0.15) is 9.57 Å². The first-order valence-electron chi connectivity index (χ1n) is 10.5. The highest BCUT2D eigenvalue weighted by Gasteiger charge is 2.30. The molecule has 7 heteroatoms. The molecule has 0 spiro atoms. The molecule has 164 valence electrons. The molecular formula is C24H29N3O3S. The number of aryl methyl sites for hydroxylation is 1. The molecule has 1 fully saturated rings. The Balaban J connectivity index is 1.55. The lowest BCUT2D eigenvalue weighted by atomic mass is 9.87. The summed E-state index contributed by atoms with van der Waals surface area (Å²) in [5, 5.41) is 8.85. The summed E-state index contributed by atoms with van der Waals surface area (Å²) in [6.07, 6.45) is 0.968. The number of carbonyl (C=O) groups excluding carboxylic acids is 1. The highest BCUT2D eigenvalue weighted by Crippen LogP contribution is 2.25. The molecule has 0 atom stereocenters. The highest BCUT2D eigenvalue weighted by molar-refractivity contribution is 7.89. The fourth-order valence-corrected chi connectivity index (χ4v) is 5.03. The second kappa shape index (κ2) is 9.21. The van der Waals surface area contributed by atoms with Crippen LogP contribution in [-0.2, 0) is 26.7 Å². The fourth-order valence-electron chi connectivity index (χ4n) is 3.61. The fraction of sp³-hybridized carbons (Fsp3) is 0.417. The molecule has 1 saturated heterocycles. The summed E-state index contributed by atoms with van der Waals surface area (Å²) in [5.74, 6) is 0.0240. The van der Waals surface area contributed by atoms with Gasteiger partial charge in [-0.05, 0) is 47.2 Å². The average molecular weight is 440 g/mol. The van der Waals surface area contributed by atoms with E-state index in [0.717, 1.165) is 11.1 Å². The van der Waals surface area contributed by atoms with Crippen molar-refractivity contribution in [1.82, 2.24) is 9.21 Å². The monoisotopic (exact) mass is 439 g/mol. The molecule has 31 heavy (non-hydrogen) atoms. The quantitative estimate of drug-likeness (QED) is 0.716. The third-order valence-corrected chi connectivity index (χ3v) is 7.57. The lowest BCUT2D eigenvalue weighted by Gasteiger charge is -2.34. The summed E-state index contributed by atoms with van der Waals surface area (Å²) < 4.78 is 27.4. The van der Waals surface area contributed by atoms with Crippen LogP contribution in [0, 0.1) is 11.3 Å². The van der Waals surface area contributed by atoms with Gasteiger partial charge in [-0.3, -0.25) is 4.79 Å². The predicted octanol–water partition coefficient (Wildman–Crippen LogP) is 3.32. The second-order valence-corrected chi connectivity index (χ2v) is 10.8. The highest BCUT2D eigenvalue weighted by atomic mass is 32.2. The van der Waals surface area contributed by atoms with Gasteiger partial charge in [-0.25, -0.2) is 8.42 Å². The van der Waals surface area contributed by atoms with Crippen molar-refractivity contribution in [2.24, 2.45) is 0 Å². The second-order valence-electron chi connectivity index (χ2n) is 8.87. The molecule has 0 N–H and O–H groups in total. The number of nitrogens with zero attached hydrogens (tertiary/aromatic N) is 3. The maximum absolute atomic E-state index is 13.0. The Morgan fingerprint density at radius 1 is 0.968 bits per heavy atom. The van der Waals surface area contributed by atoms with Crippen molar-refractivity contribution in [3.8, 4) is 6.07 Å². The van der Waals surface area contributed by atoms with Gasteiger partial charge in [-0.1, -0.05) is 45.0 Å². The first-order valence-corrected chi connectivity index (χ1v) is 11.9. The maximum atomic E-state index is 13.0. The van der Waals surface area contributed by atoms with E-state index < -0.39 is 10.0 Å². The van der Waals surface area contributed by atoms with Crippen molar-refractivity contribution < 1.29 is 13.2 Å². The van der Waals surface area contributed by atoms with Crippen LogP contribution in [0.25, 0.3) is 0 Å². The minimum atomic E-state index is -3.57. The summed E-state index contributed by atoms with van der Waals surface area (Å²) in [4.78, 5) is 14.6. The molecule has 1 aliphatic rings. The third kappa shape index (κ3) is 5.52. The topological polar surface area (TPSA) is 81.5 Å². The Morgan fingerprint density at radius 2 is 1.55 bits per heavy atom. The van der Waals surface area contributed by atoms with Crippen molar-refractivity contribution in [3.05, 3.63) is 65.2 Å². The first-order chi connectivity index (χ1) is 14.6. The summed E-state index contributed by atoms with van der Waals surface area (Å²) in [6, 6.07) is 16.4. The molecule has 2 aromatic carbocycles. The van der Waals surface area contributed by atoms with Crippen molar-refractivity contribution in [3.63, 3.8) is 0 Å². The number of sulfonamides is 1. The molecule has 0 radical (unpaired) electrons. The number of amides is 1. The molecule has 0 aliphatic carbocycles. The standard InChI is InChI=1S/C24H29N3O3S/c1-24(2,3)21-9-11-22(12-10-21)31(29,30)27-16-14-26(15-17-27)23(28)13-8-19-4-6-20(18-25)7-5-19/h4-7,9-12H,8,13-17H2,1-3H3. The van der Waals surface area contributed by atoms with Gasteiger partial charge in [0.1, 0.15) is 0 Å². The Hall–Kier alpha value is -2.69. The van der Waals surface area contributed by atoms with Gasteiger partial charge in [0.15, 0.2) is 0 Å². The zero-order valence-electron chi connectivity index (χ0n) is 18.3. The lowest BCUT2D eigenvalue weighted by molar-refractivity contribution is -0.132. The molecule has 1 heterocycles. The Labute approximate surface area is 185 Å². The van der Waals surface area contributed by atoms with Crippen LogP contribution >= 0.6 is 0 Å². The summed E-state index contributed by atoms with van der Waals surface area (Å²) >= 11 is 0. The lowest BCUT2D eigenvalue weighted by Crippen LogP contribution is -2.50. The number of hydrogen-bond acceptors (Lipinski definition) is 4. The van der Waals surface area contributed by atoms with Crippen molar-refractivity contribution in [2.75, 3.05) is 26.2 Å². The molecule has 0 unspecified atom stereocenters. The van der Waals surface area contributed by atoms with Gasteiger partial charge in [0.05, 0.1) is 16.5 Å². The number of hydrogen-bond donors (Lipinski definition) is 0. The Bertz CT molecular complexity index is 1060. The molecule has 0 saturated carbocycles. The van der Waals surface area contributed by atoms with Crippen LogP contribution in [0.15, 0.2) is 53.4 Å². The van der Waals surface area contributed by atoms with E-state index in [-0.39, 0.29) is 11.3 Å². The van der Waals surface area contributed by atoms with E-state index in [9.17, 15) is 13.2 Å². The minimum Gasteiger partial charge on any atom is -0.340 e. The molecule has 1 aliphatic heterocycles. The number of carbonyl (C=O) groups is 1. The summed E-state index contributed by atoms with van der Waals surface area (Å²) in [7, 11) is -3.57. The summed E-state index contributed by atoms with van der Waals surface area (Å²) in [5.41, 5.74) is 2.66. The minimum absolute atomic E-state index is 0.0240. The Morgan fingerprint density at radius 3 is 2.06 bits per heavy atom. The van der Waals surface area contributed by atoms with Crippen LogP contribution in [-0.4, -0.2) is 49.7 Å². The zero-order valence-corrected chi connectivity index (χ0v) is 19.2. The van der Waals surface area contributed by atoms with Gasteiger partial charge < -0.3 is 4.90 Å². The normalized spacial score (nSPS) is 15.5. The SMILES string of the molecule is CC(C)(C)c1ccc(S(=O)(=O)N2CCN(C(=O)CCc3ccc(C#N)cc3)CC2)cc1. The van der Waals surface area contributed by atoms with Crippen LogP contribution in [0.1, 0.15) is 43.9 Å². The van der Waals surface area contributed by atoms with Gasteiger partial charge >= 0.3 is 0 Å². The van der Waals surface area contributed by atoms with Gasteiger partial charge in [0.25, 0.3) is 0 Å². The van der Waals surface area contributed by atoms with Gasteiger partial charge in [0, 0.05) is 32.6 Å². The predicted molar refractivity (Wildman–Crippen MR) is 120 cm³/mol. The Kier molecular flexibility index (Phi) is 6.83. The van der Waals surface area contributed by atoms with E-state index in [2.05, 4.69) is 26.8 Å². The van der Waals surface area contributed by atoms with E-state index in [1.807, 2.05) is 24.3 Å². The zero-order chi connectivity index (χ0) is 22.6. The molecule has 6 nitrogen and oxygen atoms in total. The molecular weight excluding hydrogens is 410 g/mol. The van der Waals surface area contributed by atoms with Gasteiger partial charge in [-0.15, -0.1) is 0 Å². The van der Waals surface area contributed by atoms with Crippen molar-refractivity contribution >= 4 is 15.9 Å². The van der Waals surface area contributed by atoms with E-state index in [0.29, 0.717) is 49.5 Å². The van der Waals surface area contributed by atoms with Crippen molar-refractivity contribution in [2.45, 2.75) is 43.9 Å². The number of benzene rings is 2.